The van der Waals surface area contributed by atoms with Gasteiger partial charge in [-0.1, -0.05) is 48.5 Å². The Morgan fingerprint density at radius 1 is 0.966 bits per heavy atom. The van der Waals surface area contributed by atoms with Crippen LogP contribution in [0, 0.1) is 5.92 Å². The lowest BCUT2D eigenvalue weighted by Crippen LogP contribution is -2.44. The van der Waals surface area contributed by atoms with E-state index in [0.29, 0.717) is 6.04 Å². The van der Waals surface area contributed by atoms with Gasteiger partial charge >= 0.3 is 0 Å². The van der Waals surface area contributed by atoms with E-state index in [-0.39, 0.29) is 0 Å². The summed E-state index contributed by atoms with van der Waals surface area (Å²) in [5.74, 6) is 0.725. The molecule has 0 bridgehead atoms. The molecule has 5 nitrogen and oxygen atoms in total. The molecule has 3 heterocycles. The Balaban J connectivity index is 1.41. The Morgan fingerprint density at radius 2 is 1.76 bits per heavy atom. The molecular formula is C24H29N5. The van der Waals surface area contributed by atoms with Crippen LogP contribution in [0.15, 0.2) is 66.9 Å². The third kappa shape index (κ3) is 4.13. The molecular weight excluding hydrogens is 358 g/mol. The molecule has 2 unspecified atom stereocenters. The van der Waals surface area contributed by atoms with Gasteiger partial charge in [-0.3, -0.25) is 15.8 Å². The summed E-state index contributed by atoms with van der Waals surface area (Å²) in [5, 5.41) is 4.98. The van der Waals surface area contributed by atoms with Gasteiger partial charge in [-0.15, -0.1) is 0 Å². The van der Waals surface area contributed by atoms with E-state index < -0.39 is 0 Å². The monoisotopic (exact) mass is 387 g/mol. The number of likely N-dealkylation sites (tertiary alicyclic amines) is 1. The fourth-order valence-electron chi connectivity index (χ4n) is 4.74. The smallest absolute Gasteiger partial charge is 0.0972 e. The van der Waals surface area contributed by atoms with Crippen LogP contribution in [0.1, 0.15) is 24.8 Å². The lowest BCUT2D eigenvalue weighted by atomic mass is 9.89. The Morgan fingerprint density at radius 3 is 2.52 bits per heavy atom. The standard InChI is InChI=1S/C24H29N5/c1-3-8-19(9-4-1)24-21(18-29(27-24)22-11-5-2-6-12-22)17-28-15-7-10-20(16-28)23-13-14-25-26-23/h1-6,8-9,11-12,18,20,23,25-26H,7,10,13-17H2. The Kier molecular flexibility index (Phi) is 5.43. The van der Waals surface area contributed by atoms with Crippen molar-refractivity contribution >= 4 is 0 Å². The molecule has 3 aromatic rings. The van der Waals surface area contributed by atoms with Gasteiger partial charge in [-0.25, -0.2) is 4.68 Å². The van der Waals surface area contributed by atoms with Crippen molar-refractivity contribution in [3.8, 4) is 16.9 Å². The Hall–Kier alpha value is -2.47. The number of benzene rings is 2. The molecule has 150 valence electrons. The molecule has 2 aliphatic rings. The molecule has 2 atom stereocenters. The predicted molar refractivity (Wildman–Crippen MR) is 117 cm³/mol. The first kappa shape index (κ1) is 18.6. The molecule has 2 N–H and O–H groups in total. The van der Waals surface area contributed by atoms with Crippen LogP contribution in [0.25, 0.3) is 16.9 Å². The predicted octanol–water partition coefficient (Wildman–Crippen LogP) is 3.62. The zero-order valence-corrected chi connectivity index (χ0v) is 16.8. The van der Waals surface area contributed by atoms with Crippen molar-refractivity contribution in [2.24, 2.45) is 5.92 Å². The van der Waals surface area contributed by atoms with Crippen LogP contribution in [0.5, 0.6) is 0 Å². The molecule has 0 saturated carbocycles. The molecule has 0 spiro atoms. The third-order valence-corrected chi connectivity index (χ3v) is 6.23. The van der Waals surface area contributed by atoms with Crippen molar-refractivity contribution < 1.29 is 0 Å². The van der Waals surface area contributed by atoms with Gasteiger partial charge in [0.05, 0.1) is 11.4 Å². The minimum Gasteiger partial charge on any atom is -0.299 e. The SMILES string of the molecule is c1ccc(-c2nn(-c3ccccc3)cc2CN2CCCC(C3CCNN3)C2)cc1. The fourth-order valence-corrected chi connectivity index (χ4v) is 4.74. The maximum Gasteiger partial charge on any atom is 0.0972 e. The molecule has 5 rings (SSSR count). The van der Waals surface area contributed by atoms with Crippen molar-refractivity contribution in [3.05, 3.63) is 72.4 Å². The van der Waals surface area contributed by atoms with Crippen LogP contribution in [0.2, 0.25) is 0 Å². The number of hydrogen-bond acceptors (Lipinski definition) is 4. The Labute approximate surface area is 172 Å². The highest BCUT2D eigenvalue weighted by atomic mass is 15.4. The molecule has 2 aromatic carbocycles. The van der Waals surface area contributed by atoms with Gasteiger partial charge in [0.25, 0.3) is 0 Å². The van der Waals surface area contributed by atoms with E-state index >= 15 is 0 Å². The number of piperidine rings is 1. The second-order valence-electron chi connectivity index (χ2n) is 8.25. The molecule has 0 amide bonds. The van der Waals surface area contributed by atoms with Crippen LogP contribution in [-0.4, -0.2) is 40.4 Å². The second kappa shape index (κ2) is 8.49. The summed E-state index contributed by atoms with van der Waals surface area (Å²) in [7, 11) is 0. The average molecular weight is 388 g/mol. The number of rotatable bonds is 5. The zero-order valence-electron chi connectivity index (χ0n) is 16.8. The highest BCUT2D eigenvalue weighted by Gasteiger charge is 2.29. The number of hydrogen-bond donors (Lipinski definition) is 2. The summed E-state index contributed by atoms with van der Waals surface area (Å²) < 4.78 is 2.03. The number of aromatic nitrogens is 2. The van der Waals surface area contributed by atoms with Crippen LogP contribution >= 0.6 is 0 Å². The van der Waals surface area contributed by atoms with E-state index in [0.717, 1.165) is 36.9 Å². The van der Waals surface area contributed by atoms with Crippen molar-refractivity contribution in [1.29, 1.82) is 0 Å². The minimum atomic E-state index is 0.610. The van der Waals surface area contributed by atoms with E-state index in [1.165, 1.54) is 36.9 Å². The van der Waals surface area contributed by atoms with Crippen LogP contribution < -0.4 is 10.9 Å². The van der Waals surface area contributed by atoms with Crippen molar-refractivity contribution in [1.82, 2.24) is 25.5 Å². The maximum atomic E-state index is 4.98. The van der Waals surface area contributed by atoms with Gasteiger partial charge in [0.2, 0.25) is 0 Å². The molecule has 0 aliphatic carbocycles. The Bertz CT molecular complexity index is 915. The lowest BCUT2D eigenvalue weighted by molar-refractivity contribution is 0.144. The van der Waals surface area contributed by atoms with Gasteiger partial charge < -0.3 is 0 Å². The number of hydrazine groups is 1. The van der Waals surface area contributed by atoms with E-state index in [1.54, 1.807) is 0 Å². The normalized spacial score (nSPS) is 22.8. The van der Waals surface area contributed by atoms with Crippen molar-refractivity contribution in [2.75, 3.05) is 19.6 Å². The summed E-state index contributed by atoms with van der Waals surface area (Å²) in [5.41, 5.74) is 11.5. The molecule has 2 saturated heterocycles. The summed E-state index contributed by atoms with van der Waals surface area (Å²) in [6, 6.07) is 21.6. The van der Waals surface area contributed by atoms with Crippen LogP contribution in [-0.2, 0) is 6.54 Å². The average Bonchev–Trinajstić information content (AvgIpc) is 3.46. The van der Waals surface area contributed by atoms with E-state index in [1.807, 2.05) is 10.7 Å². The topological polar surface area (TPSA) is 45.1 Å². The zero-order chi connectivity index (χ0) is 19.5. The molecule has 5 heteroatoms. The number of nitrogens with one attached hydrogen (secondary N) is 2. The number of para-hydroxylation sites is 1. The molecule has 2 aliphatic heterocycles. The molecule has 0 radical (unpaired) electrons. The van der Waals surface area contributed by atoms with Crippen LogP contribution in [0.3, 0.4) is 0 Å². The summed E-state index contributed by atoms with van der Waals surface area (Å²) in [6.45, 7) is 4.36. The molecule has 29 heavy (non-hydrogen) atoms. The number of nitrogens with zero attached hydrogens (tertiary/aromatic N) is 3. The van der Waals surface area contributed by atoms with Gasteiger partial charge in [-0.2, -0.15) is 5.10 Å². The van der Waals surface area contributed by atoms with E-state index in [2.05, 4.69) is 76.5 Å². The largest absolute Gasteiger partial charge is 0.299 e. The van der Waals surface area contributed by atoms with Gasteiger partial charge in [0.15, 0.2) is 0 Å². The second-order valence-corrected chi connectivity index (χ2v) is 8.25. The van der Waals surface area contributed by atoms with Gasteiger partial charge in [-0.05, 0) is 43.9 Å². The fraction of sp³-hybridized carbons (Fsp3) is 0.375. The summed E-state index contributed by atoms with van der Waals surface area (Å²) in [6.07, 6.45) is 6.05. The summed E-state index contributed by atoms with van der Waals surface area (Å²) >= 11 is 0. The highest BCUT2D eigenvalue weighted by molar-refractivity contribution is 5.63. The lowest BCUT2D eigenvalue weighted by Gasteiger charge is -2.35. The first-order valence-electron chi connectivity index (χ1n) is 10.8. The van der Waals surface area contributed by atoms with Crippen molar-refractivity contribution in [2.45, 2.75) is 31.8 Å². The molecule has 1 aromatic heterocycles. The first-order chi connectivity index (χ1) is 14.4. The highest BCUT2D eigenvalue weighted by Crippen LogP contribution is 2.28. The third-order valence-electron chi connectivity index (χ3n) is 6.23. The minimum absolute atomic E-state index is 0.610. The maximum absolute atomic E-state index is 4.98. The molecule has 2 fully saturated rings. The van der Waals surface area contributed by atoms with E-state index in [9.17, 15) is 0 Å². The van der Waals surface area contributed by atoms with E-state index in [4.69, 9.17) is 5.10 Å². The van der Waals surface area contributed by atoms with Crippen LogP contribution in [0.4, 0.5) is 0 Å². The quantitative estimate of drug-likeness (QED) is 0.702. The summed E-state index contributed by atoms with van der Waals surface area (Å²) in [4.78, 5) is 2.62. The van der Waals surface area contributed by atoms with Gasteiger partial charge in [0, 0.05) is 43.0 Å². The van der Waals surface area contributed by atoms with Gasteiger partial charge in [0.1, 0.15) is 0 Å². The first-order valence-corrected chi connectivity index (χ1v) is 10.8. The van der Waals surface area contributed by atoms with Crippen molar-refractivity contribution in [3.63, 3.8) is 0 Å².